The van der Waals surface area contributed by atoms with Crippen molar-refractivity contribution in [1.82, 2.24) is 9.99 Å². The lowest BCUT2D eigenvalue weighted by Gasteiger charge is -2.18. The number of rotatable bonds is 5. The third kappa shape index (κ3) is 3.68. The van der Waals surface area contributed by atoms with E-state index in [1.54, 1.807) is 30.3 Å². The molecule has 0 bridgehead atoms. The number of furan rings is 1. The number of hydrazine groups is 1. The van der Waals surface area contributed by atoms with Crippen molar-refractivity contribution in [3.8, 4) is 11.3 Å². The molecule has 1 aliphatic heterocycles. The second-order valence-corrected chi connectivity index (χ2v) is 8.64. The Morgan fingerprint density at radius 2 is 2.00 bits per heavy atom. The number of carbonyl (C=O) groups excluding carboxylic acids is 1. The van der Waals surface area contributed by atoms with E-state index >= 15 is 0 Å². The lowest BCUT2D eigenvalue weighted by atomic mass is 10.1. The van der Waals surface area contributed by atoms with Gasteiger partial charge >= 0.3 is 5.97 Å². The zero-order valence-electron chi connectivity index (χ0n) is 16.4. The van der Waals surface area contributed by atoms with Crippen molar-refractivity contribution in [3.63, 3.8) is 0 Å². The highest BCUT2D eigenvalue weighted by molar-refractivity contribution is 8.26. The molecular formula is C23H15N3O4S2. The molecule has 0 saturated carbocycles. The third-order valence-corrected chi connectivity index (χ3v) is 6.22. The van der Waals surface area contributed by atoms with Crippen molar-refractivity contribution in [3.05, 3.63) is 83.1 Å². The Kier molecular flexibility index (Phi) is 5.04. The van der Waals surface area contributed by atoms with Crippen LogP contribution in [0.1, 0.15) is 16.1 Å². The Balaban J connectivity index is 1.38. The van der Waals surface area contributed by atoms with Crippen LogP contribution in [0.5, 0.6) is 0 Å². The number of nitrogens with one attached hydrogen (secondary N) is 2. The van der Waals surface area contributed by atoms with Crippen LogP contribution in [-0.2, 0) is 4.79 Å². The molecule has 3 heterocycles. The van der Waals surface area contributed by atoms with E-state index in [9.17, 15) is 14.7 Å². The molecule has 0 aliphatic carbocycles. The van der Waals surface area contributed by atoms with E-state index in [1.165, 1.54) is 6.07 Å². The van der Waals surface area contributed by atoms with E-state index in [4.69, 9.17) is 16.6 Å². The molecule has 0 spiro atoms. The predicted octanol–water partition coefficient (Wildman–Crippen LogP) is 5.35. The topological polar surface area (TPSA) is 98.6 Å². The highest BCUT2D eigenvalue weighted by Crippen LogP contribution is 2.34. The number of aromatic carboxylic acids is 1. The summed E-state index contributed by atoms with van der Waals surface area (Å²) < 4.78 is 6.20. The Hall–Kier alpha value is -3.82. The zero-order chi connectivity index (χ0) is 22.2. The van der Waals surface area contributed by atoms with Gasteiger partial charge in [0, 0.05) is 28.7 Å². The smallest absolute Gasteiger partial charge is 0.337 e. The van der Waals surface area contributed by atoms with Crippen LogP contribution < -0.4 is 5.43 Å². The number of benzene rings is 2. The lowest BCUT2D eigenvalue weighted by Crippen LogP contribution is -2.34. The maximum Gasteiger partial charge on any atom is 0.337 e. The van der Waals surface area contributed by atoms with E-state index in [-0.39, 0.29) is 21.5 Å². The molecular weight excluding hydrogens is 446 g/mol. The zero-order valence-corrected chi connectivity index (χ0v) is 18.0. The summed E-state index contributed by atoms with van der Waals surface area (Å²) in [6, 6.07) is 17.9. The van der Waals surface area contributed by atoms with Crippen LogP contribution >= 0.6 is 24.0 Å². The summed E-state index contributed by atoms with van der Waals surface area (Å²) in [5.74, 6) is -0.286. The van der Waals surface area contributed by atoms with Gasteiger partial charge < -0.3 is 14.5 Å². The highest BCUT2D eigenvalue weighted by atomic mass is 32.2. The van der Waals surface area contributed by atoms with Crippen LogP contribution in [0, 0.1) is 0 Å². The maximum atomic E-state index is 12.9. The molecule has 158 valence electrons. The molecule has 4 aromatic rings. The lowest BCUT2D eigenvalue weighted by molar-refractivity contribution is -0.121. The fraction of sp³-hybridized carbons (Fsp3) is 0. The van der Waals surface area contributed by atoms with Gasteiger partial charge in [-0.1, -0.05) is 23.9 Å². The van der Waals surface area contributed by atoms with Crippen LogP contribution in [0.25, 0.3) is 28.3 Å². The number of nitrogens with zero attached hydrogens (tertiary/aromatic N) is 1. The van der Waals surface area contributed by atoms with Gasteiger partial charge in [0.05, 0.1) is 16.2 Å². The molecule has 0 atom stereocenters. The molecule has 32 heavy (non-hydrogen) atoms. The number of carbonyl (C=O) groups is 2. The summed E-state index contributed by atoms with van der Waals surface area (Å²) in [4.78, 5) is 27.9. The number of carboxylic acid groups (broad SMARTS) is 1. The molecule has 2 aromatic carbocycles. The number of hydrogen-bond acceptors (Lipinski definition) is 6. The van der Waals surface area contributed by atoms with E-state index < -0.39 is 5.97 Å². The molecule has 5 rings (SSSR count). The van der Waals surface area contributed by atoms with Crippen LogP contribution in [0.3, 0.4) is 0 Å². The number of amides is 1. The number of hydrogen-bond donors (Lipinski definition) is 3. The average molecular weight is 462 g/mol. The Morgan fingerprint density at radius 3 is 2.84 bits per heavy atom. The number of thiocarbonyl (C=S) groups is 1. The van der Waals surface area contributed by atoms with Gasteiger partial charge in [0.2, 0.25) is 0 Å². The molecule has 9 heteroatoms. The molecule has 3 N–H and O–H groups in total. The van der Waals surface area contributed by atoms with Gasteiger partial charge in [0.15, 0.2) is 4.32 Å². The van der Waals surface area contributed by atoms with Crippen LogP contribution in [0.2, 0.25) is 0 Å². The summed E-state index contributed by atoms with van der Waals surface area (Å²) in [5.41, 5.74) is 5.11. The fourth-order valence-corrected chi connectivity index (χ4v) is 4.53. The van der Waals surface area contributed by atoms with Crippen molar-refractivity contribution in [1.29, 1.82) is 0 Å². The van der Waals surface area contributed by atoms with Gasteiger partial charge in [0.1, 0.15) is 11.5 Å². The summed E-state index contributed by atoms with van der Waals surface area (Å²) >= 11 is 6.43. The highest BCUT2D eigenvalue weighted by Gasteiger charge is 2.33. The standard InChI is InChI=1S/C23H15N3O4S2/c27-21-20(32-23(31)26(21)25-18-4-2-1-3-16(18)22(28)29)12-15-6-8-19(30-15)14-5-7-17-13(11-14)9-10-24-17/h1-12,24-25H,(H,28,29). The van der Waals surface area contributed by atoms with E-state index in [2.05, 4.69) is 10.4 Å². The molecule has 1 aliphatic rings. The third-order valence-electron chi connectivity index (χ3n) is 4.92. The van der Waals surface area contributed by atoms with E-state index in [0.29, 0.717) is 16.4 Å². The van der Waals surface area contributed by atoms with E-state index in [1.807, 2.05) is 36.5 Å². The minimum atomic E-state index is -1.10. The van der Waals surface area contributed by atoms with E-state index in [0.717, 1.165) is 33.2 Å². The first-order valence-corrected chi connectivity index (χ1v) is 10.8. The number of aromatic nitrogens is 1. The predicted molar refractivity (Wildman–Crippen MR) is 128 cm³/mol. The minimum absolute atomic E-state index is 0.0422. The van der Waals surface area contributed by atoms with Gasteiger partial charge in [-0.05, 0) is 60.7 Å². The van der Waals surface area contributed by atoms with Crippen LogP contribution in [0.15, 0.2) is 76.2 Å². The van der Waals surface area contributed by atoms with Crippen LogP contribution in [-0.4, -0.2) is 31.3 Å². The SMILES string of the molecule is O=C(O)c1ccccc1NN1C(=O)C(=Cc2ccc(-c3ccc4[nH]ccc4c3)o2)SC1=S. The Bertz CT molecular complexity index is 1420. The normalized spacial score (nSPS) is 15.1. The summed E-state index contributed by atoms with van der Waals surface area (Å²) in [5, 5.41) is 11.6. The van der Waals surface area contributed by atoms with Gasteiger partial charge in [-0.25, -0.2) is 9.80 Å². The summed E-state index contributed by atoms with van der Waals surface area (Å²) in [7, 11) is 0. The first-order chi connectivity index (χ1) is 15.5. The maximum absolute atomic E-state index is 12.9. The van der Waals surface area contributed by atoms with Crippen molar-refractivity contribution in [2.75, 3.05) is 5.43 Å². The van der Waals surface area contributed by atoms with Crippen molar-refractivity contribution in [2.24, 2.45) is 0 Å². The largest absolute Gasteiger partial charge is 0.478 e. The molecule has 1 saturated heterocycles. The molecule has 7 nitrogen and oxygen atoms in total. The number of para-hydroxylation sites is 1. The number of anilines is 1. The quantitative estimate of drug-likeness (QED) is 0.272. The molecule has 1 fully saturated rings. The van der Waals surface area contributed by atoms with Gasteiger partial charge in [0.25, 0.3) is 5.91 Å². The number of aromatic amines is 1. The van der Waals surface area contributed by atoms with Gasteiger partial charge in [-0.3, -0.25) is 10.2 Å². The first-order valence-electron chi connectivity index (χ1n) is 9.54. The Labute approximate surface area is 191 Å². The number of fused-ring (bicyclic) bond motifs is 1. The van der Waals surface area contributed by atoms with Gasteiger partial charge in [-0.2, -0.15) is 0 Å². The number of carboxylic acids is 1. The number of thioether (sulfide) groups is 1. The second kappa shape index (κ2) is 8.03. The average Bonchev–Trinajstić information content (AvgIpc) is 3.50. The summed E-state index contributed by atoms with van der Waals surface area (Å²) in [6.07, 6.45) is 3.51. The second-order valence-electron chi connectivity index (χ2n) is 6.96. The monoisotopic (exact) mass is 461 g/mol. The number of H-pyrrole nitrogens is 1. The minimum Gasteiger partial charge on any atom is -0.478 e. The van der Waals surface area contributed by atoms with Gasteiger partial charge in [-0.15, -0.1) is 0 Å². The molecule has 0 radical (unpaired) electrons. The van der Waals surface area contributed by atoms with Crippen molar-refractivity contribution < 1.29 is 19.1 Å². The Morgan fingerprint density at radius 1 is 1.16 bits per heavy atom. The van der Waals surface area contributed by atoms with Crippen molar-refractivity contribution >= 4 is 62.8 Å². The fourth-order valence-electron chi connectivity index (χ4n) is 3.37. The summed E-state index contributed by atoms with van der Waals surface area (Å²) in [6.45, 7) is 0. The molecule has 0 unspecified atom stereocenters. The van der Waals surface area contributed by atoms with Crippen molar-refractivity contribution in [2.45, 2.75) is 0 Å². The molecule has 2 aromatic heterocycles. The van der Waals surface area contributed by atoms with Crippen LogP contribution in [0.4, 0.5) is 5.69 Å². The first kappa shape index (κ1) is 20.1. The molecule has 1 amide bonds.